The third-order valence-corrected chi connectivity index (χ3v) is 1.27. The highest BCUT2D eigenvalue weighted by Gasteiger charge is 1.80. The van der Waals surface area contributed by atoms with Crippen molar-refractivity contribution in [3.05, 3.63) is 0 Å². The summed E-state index contributed by atoms with van der Waals surface area (Å²) in [5.41, 5.74) is 0. The van der Waals surface area contributed by atoms with Gasteiger partial charge in [0.15, 0.2) is 0 Å². The molecule has 3 nitrogen and oxygen atoms in total. The normalized spacial score (nSPS) is 8.62. The first-order valence-electron chi connectivity index (χ1n) is 2.37. The van der Waals surface area contributed by atoms with Crippen LogP contribution in [0.15, 0.2) is 0 Å². The lowest BCUT2D eigenvalue weighted by atomic mass is 10.8. The fourth-order valence-corrected chi connectivity index (χ4v) is 0.695. The lowest BCUT2D eigenvalue weighted by molar-refractivity contribution is -0.109. The standard InChI is InChI=1S/C4H10N2OS/c1-5-8-3-2-6-4-7/h4-5H,2-3H2,1H3,(H,6,7). The summed E-state index contributed by atoms with van der Waals surface area (Å²) in [4.78, 5) is 9.63. The van der Waals surface area contributed by atoms with Gasteiger partial charge in [-0.3, -0.25) is 9.52 Å². The summed E-state index contributed by atoms with van der Waals surface area (Å²) in [5.74, 6) is 0.912. The molecular formula is C4H10N2OS. The molecule has 0 aliphatic heterocycles. The second-order valence-corrected chi connectivity index (χ2v) is 2.23. The molecular weight excluding hydrogens is 124 g/mol. The molecule has 0 bridgehead atoms. The van der Waals surface area contributed by atoms with Gasteiger partial charge < -0.3 is 5.32 Å². The minimum absolute atomic E-state index is 0.705. The van der Waals surface area contributed by atoms with Gasteiger partial charge in [-0.25, -0.2) is 0 Å². The van der Waals surface area contributed by atoms with Crippen LogP contribution in [0.4, 0.5) is 0 Å². The lowest BCUT2D eigenvalue weighted by Crippen LogP contribution is -2.15. The Morgan fingerprint density at radius 1 is 1.75 bits per heavy atom. The van der Waals surface area contributed by atoms with Crippen molar-refractivity contribution in [1.29, 1.82) is 0 Å². The van der Waals surface area contributed by atoms with Crippen LogP contribution in [0.1, 0.15) is 0 Å². The van der Waals surface area contributed by atoms with Crippen molar-refractivity contribution in [2.75, 3.05) is 19.3 Å². The van der Waals surface area contributed by atoms with E-state index in [9.17, 15) is 4.79 Å². The summed E-state index contributed by atoms with van der Waals surface area (Å²) in [7, 11) is 1.85. The third kappa shape index (κ3) is 5.78. The Hall–Kier alpha value is -0.220. The molecule has 0 unspecified atom stereocenters. The molecule has 0 heterocycles. The van der Waals surface area contributed by atoms with Crippen LogP contribution in [0.2, 0.25) is 0 Å². The average molecular weight is 134 g/mol. The van der Waals surface area contributed by atoms with Gasteiger partial charge in [-0.05, 0) is 7.05 Å². The number of rotatable bonds is 5. The van der Waals surface area contributed by atoms with Crippen molar-refractivity contribution in [1.82, 2.24) is 10.0 Å². The van der Waals surface area contributed by atoms with E-state index >= 15 is 0 Å². The van der Waals surface area contributed by atoms with Crippen LogP contribution < -0.4 is 10.0 Å². The highest BCUT2D eigenvalue weighted by Crippen LogP contribution is 1.85. The van der Waals surface area contributed by atoms with Gasteiger partial charge >= 0.3 is 0 Å². The van der Waals surface area contributed by atoms with E-state index in [4.69, 9.17) is 0 Å². The van der Waals surface area contributed by atoms with Gasteiger partial charge in [-0.2, -0.15) is 0 Å². The monoisotopic (exact) mass is 134 g/mol. The summed E-state index contributed by atoms with van der Waals surface area (Å²) in [6.07, 6.45) is 0.705. The van der Waals surface area contributed by atoms with Crippen LogP contribution in [-0.2, 0) is 4.79 Å². The van der Waals surface area contributed by atoms with Crippen molar-refractivity contribution < 1.29 is 4.79 Å². The summed E-state index contributed by atoms with van der Waals surface area (Å²) in [6.45, 7) is 0.731. The zero-order chi connectivity index (χ0) is 6.24. The quantitative estimate of drug-likeness (QED) is 0.305. The fourth-order valence-electron chi connectivity index (χ4n) is 0.271. The molecule has 1 amide bonds. The summed E-state index contributed by atoms with van der Waals surface area (Å²) >= 11 is 1.58. The zero-order valence-corrected chi connectivity index (χ0v) is 5.62. The average Bonchev–Trinajstić information content (AvgIpc) is 1.81. The first-order chi connectivity index (χ1) is 3.91. The van der Waals surface area contributed by atoms with Crippen LogP contribution in [0.5, 0.6) is 0 Å². The van der Waals surface area contributed by atoms with Crippen molar-refractivity contribution in [3.8, 4) is 0 Å². The van der Waals surface area contributed by atoms with Gasteiger partial charge in [-0.1, -0.05) is 11.9 Å². The Labute approximate surface area is 53.4 Å². The predicted molar refractivity (Wildman–Crippen MR) is 35.6 cm³/mol. The SMILES string of the molecule is CNSCCNC=O. The van der Waals surface area contributed by atoms with Gasteiger partial charge in [0.05, 0.1) is 0 Å². The summed E-state index contributed by atoms with van der Waals surface area (Å²) in [5, 5.41) is 2.54. The van der Waals surface area contributed by atoms with E-state index in [2.05, 4.69) is 10.0 Å². The van der Waals surface area contributed by atoms with Crippen molar-refractivity contribution >= 4 is 18.4 Å². The topological polar surface area (TPSA) is 41.1 Å². The van der Waals surface area contributed by atoms with Crippen LogP contribution in [-0.4, -0.2) is 25.8 Å². The molecule has 0 saturated heterocycles. The third-order valence-electron chi connectivity index (χ3n) is 0.576. The van der Waals surface area contributed by atoms with E-state index in [0.717, 1.165) is 12.3 Å². The van der Waals surface area contributed by atoms with Gasteiger partial charge in [0.2, 0.25) is 6.41 Å². The number of nitrogens with one attached hydrogen (secondary N) is 2. The molecule has 0 aromatic rings. The second kappa shape index (κ2) is 6.78. The maximum atomic E-state index is 9.63. The van der Waals surface area contributed by atoms with E-state index in [1.54, 1.807) is 11.9 Å². The smallest absolute Gasteiger partial charge is 0.207 e. The molecule has 0 fully saturated rings. The summed E-state index contributed by atoms with van der Waals surface area (Å²) < 4.78 is 2.89. The molecule has 0 radical (unpaired) electrons. The fraction of sp³-hybridized carbons (Fsp3) is 0.750. The molecule has 0 aliphatic carbocycles. The van der Waals surface area contributed by atoms with E-state index in [1.165, 1.54) is 0 Å². The van der Waals surface area contributed by atoms with Gasteiger partial charge in [-0.15, -0.1) is 0 Å². The first-order valence-corrected chi connectivity index (χ1v) is 3.36. The Balaban J connectivity index is 2.62. The Bertz CT molecular complexity index is 60.0. The van der Waals surface area contributed by atoms with Crippen LogP contribution in [0, 0.1) is 0 Å². The van der Waals surface area contributed by atoms with E-state index in [1.807, 2.05) is 7.05 Å². The molecule has 0 spiro atoms. The maximum absolute atomic E-state index is 9.63. The highest BCUT2D eigenvalue weighted by atomic mass is 32.2. The van der Waals surface area contributed by atoms with Gasteiger partial charge in [0.1, 0.15) is 0 Å². The number of carbonyl (C=O) groups is 1. The predicted octanol–water partition coefficient (Wildman–Crippen LogP) is -0.400. The second-order valence-electron chi connectivity index (χ2n) is 1.12. The molecule has 8 heavy (non-hydrogen) atoms. The lowest BCUT2D eigenvalue weighted by Gasteiger charge is -1.95. The molecule has 0 atom stereocenters. The van der Waals surface area contributed by atoms with Gasteiger partial charge in [0, 0.05) is 12.3 Å². The van der Waals surface area contributed by atoms with Crippen molar-refractivity contribution in [2.24, 2.45) is 0 Å². The molecule has 4 heteroatoms. The number of hydrogen-bond acceptors (Lipinski definition) is 3. The molecule has 0 aliphatic rings. The molecule has 2 N–H and O–H groups in total. The highest BCUT2D eigenvalue weighted by molar-refractivity contribution is 7.97. The van der Waals surface area contributed by atoms with E-state index in [-0.39, 0.29) is 0 Å². The minimum Gasteiger partial charge on any atom is -0.358 e. The van der Waals surface area contributed by atoms with Crippen LogP contribution in [0.25, 0.3) is 0 Å². The molecule has 0 aromatic carbocycles. The molecule has 0 aromatic heterocycles. The van der Waals surface area contributed by atoms with Crippen molar-refractivity contribution in [3.63, 3.8) is 0 Å². The van der Waals surface area contributed by atoms with Crippen LogP contribution in [0.3, 0.4) is 0 Å². The number of hydrogen-bond donors (Lipinski definition) is 2. The van der Waals surface area contributed by atoms with Gasteiger partial charge in [0.25, 0.3) is 0 Å². The number of carbonyl (C=O) groups excluding carboxylic acids is 1. The molecule has 48 valence electrons. The maximum Gasteiger partial charge on any atom is 0.207 e. The van der Waals surface area contributed by atoms with E-state index < -0.39 is 0 Å². The molecule has 0 rings (SSSR count). The summed E-state index contributed by atoms with van der Waals surface area (Å²) in [6, 6.07) is 0. The zero-order valence-electron chi connectivity index (χ0n) is 4.81. The Morgan fingerprint density at radius 2 is 2.50 bits per heavy atom. The Kier molecular flexibility index (Phi) is 6.59. The van der Waals surface area contributed by atoms with Crippen molar-refractivity contribution in [2.45, 2.75) is 0 Å². The first kappa shape index (κ1) is 7.78. The van der Waals surface area contributed by atoms with E-state index in [0.29, 0.717) is 6.41 Å². The van der Waals surface area contributed by atoms with Crippen LogP contribution >= 0.6 is 11.9 Å². The largest absolute Gasteiger partial charge is 0.358 e. The number of amides is 1. The Morgan fingerprint density at radius 3 is 3.00 bits per heavy atom. The molecule has 0 saturated carbocycles. The minimum atomic E-state index is 0.705.